The molecule has 0 aliphatic carbocycles. The lowest BCUT2D eigenvalue weighted by Crippen LogP contribution is -2.39. The van der Waals surface area contributed by atoms with Gasteiger partial charge in [0.15, 0.2) is 0 Å². The molecule has 1 amide bonds. The van der Waals surface area contributed by atoms with Crippen molar-refractivity contribution < 1.29 is 19.4 Å². The Hall–Kier alpha value is -4.35. The highest BCUT2D eigenvalue weighted by molar-refractivity contribution is 6.00. The van der Waals surface area contributed by atoms with Gasteiger partial charge in [-0.05, 0) is 63.4 Å². The van der Waals surface area contributed by atoms with Crippen molar-refractivity contribution in [1.82, 2.24) is 25.1 Å². The average molecular weight is 558 g/mol. The van der Waals surface area contributed by atoms with E-state index in [1.54, 1.807) is 20.0 Å². The van der Waals surface area contributed by atoms with Gasteiger partial charge in [-0.25, -0.2) is 4.98 Å². The number of amides is 1. The Balaban J connectivity index is 1.50. The number of anilines is 3. The van der Waals surface area contributed by atoms with Gasteiger partial charge in [0, 0.05) is 24.0 Å². The van der Waals surface area contributed by atoms with Crippen LogP contribution in [-0.4, -0.2) is 54.3 Å². The molecule has 11 nitrogen and oxygen atoms in total. The smallest absolute Gasteiger partial charge is 0.254 e. The van der Waals surface area contributed by atoms with Crippen molar-refractivity contribution in [3.63, 3.8) is 0 Å². The number of aliphatic hydroxyl groups is 2. The van der Waals surface area contributed by atoms with Gasteiger partial charge in [-0.1, -0.05) is 37.3 Å². The van der Waals surface area contributed by atoms with Crippen LogP contribution in [0.3, 0.4) is 0 Å². The largest absolute Gasteiger partial charge is 0.417 e. The molecule has 214 valence electrons. The molecule has 0 bridgehead atoms. The zero-order valence-corrected chi connectivity index (χ0v) is 23.8. The molecule has 0 saturated heterocycles. The van der Waals surface area contributed by atoms with Crippen molar-refractivity contribution in [2.75, 3.05) is 23.8 Å². The summed E-state index contributed by atoms with van der Waals surface area (Å²) < 4.78 is 5.76. The lowest BCUT2D eigenvalue weighted by molar-refractivity contribution is 0.0487. The number of nitrogens with zero attached hydrogens (tertiary/aromatic N) is 5. The fourth-order valence-corrected chi connectivity index (χ4v) is 4.97. The molecule has 2 aromatic heterocycles. The Labute approximate surface area is 238 Å². The van der Waals surface area contributed by atoms with Crippen molar-refractivity contribution in [3.8, 4) is 11.5 Å². The SMILES string of the molecule is CCCN1C(=O)c2ccc(Nc3ncc(-c4nnc(C(C)(C)O)o4)c(N[C@H](CO)c4ccccc4)n3)cc2C1(C)C. The highest BCUT2D eigenvalue weighted by atomic mass is 16.4. The number of aromatic nitrogens is 4. The number of nitrogens with one attached hydrogen (secondary N) is 2. The summed E-state index contributed by atoms with van der Waals surface area (Å²) in [5, 5.41) is 35.1. The lowest BCUT2D eigenvalue weighted by atomic mass is 9.93. The minimum absolute atomic E-state index is 0.0337. The number of rotatable bonds is 10. The van der Waals surface area contributed by atoms with Crippen LogP contribution in [0.2, 0.25) is 0 Å². The molecule has 2 aromatic carbocycles. The Morgan fingerprint density at radius 1 is 1.10 bits per heavy atom. The summed E-state index contributed by atoms with van der Waals surface area (Å²) in [5.74, 6) is 0.842. The van der Waals surface area contributed by atoms with Gasteiger partial charge in [-0.3, -0.25) is 4.79 Å². The maximum Gasteiger partial charge on any atom is 0.254 e. The molecule has 1 aliphatic heterocycles. The van der Waals surface area contributed by atoms with Crippen LogP contribution >= 0.6 is 0 Å². The summed E-state index contributed by atoms with van der Waals surface area (Å²) in [6, 6.07) is 14.6. The second kappa shape index (κ2) is 10.9. The van der Waals surface area contributed by atoms with Crippen LogP contribution < -0.4 is 10.6 Å². The molecule has 4 N–H and O–H groups in total. The zero-order chi connectivity index (χ0) is 29.4. The predicted octanol–water partition coefficient (Wildman–Crippen LogP) is 4.74. The van der Waals surface area contributed by atoms with Crippen LogP contribution in [0.25, 0.3) is 11.5 Å². The summed E-state index contributed by atoms with van der Waals surface area (Å²) in [5.41, 5.74) is 1.85. The van der Waals surface area contributed by atoms with Crippen molar-refractivity contribution in [3.05, 3.63) is 77.3 Å². The molecule has 4 aromatic rings. The van der Waals surface area contributed by atoms with Crippen LogP contribution in [-0.2, 0) is 11.1 Å². The Kier molecular flexibility index (Phi) is 7.50. The van der Waals surface area contributed by atoms with E-state index in [0.717, 1.165) is 23.2 Å². The van der Waals surface area contributed by atoms with Crippen LogP contribution in [0, 0.1) is 0 Å². The minimum atomic E-state index is -1.33. The summed E-state index contributed by atoms with van der Waals surface area (Å²) in [4.78, 5) is 24.1. The molecule has 41 heavy (non-hydrogen) atoms. The second-order valence-electron chi connectivity index (χ2n) is 11.1. The van der Waals surface area contributed by atoms with E-state index in [2.05, 4.69) is 46.6 Å². The molecule has 0 radical (unpaired) electrons. The van der Waals surface area contributed by atoms with E-state index in [1.165, 1.54) is 0 Å². The molecule has 0 unspecified atom stereocenters. The summed E-state index contributed by atoms with van der Waals surface area (Å²) in [6.45, 7) is 9.75. The quantitative estimate of drug-likeness (QED) is 0.215. The minimum Gasteiger partial charge on any atom is -0.417 e. The predicted molar refractivity (Wildman–Crippen MR) is 155 cm³/mol. The van der Waals surface area contributed by atoms with E-state index in [0.29, 0.717) is 23.5 Å². The Morgan fingerprint density at radius 3 is 2.51 bits per heavy atom. The molecule has 11 heteroatoms. The highest BCUT2D eigenvalue weighted by Crippen LogP contribution is 2.40. The third kappa shape index (κ3) is 5.50. The molecular weight excluding hydrogens is 522 g/mol. The summed E-state index contributed by atoms with van der Waals surface area (Å²) >= 11 is 0. The molecule has 0 spiro atoms. The number of carbonyl (C=O) groups is 1. The first-order valence-corrected chi connectivity index (χ1v) is 13.6. The van der Waals surface area contributed by atoms with E-state index in [-0.39, 0.29) is 30.2 Å². The number of hydrogen-bond acceptors (Lipinski definition) is 10. The van der Waals surface area contributed by atoms with Gasteiger partial charge < -0.3 is 30.2 Å². The molecular formula is C30H35N7O4. The number of carbonyl (C=O) groups excluding carboxylic acids is 1. The van der Waals surface area contributed by atoms with Gasteiger partial charge >= 0.3 is 0 Å². The second-order valence-corrected chi connectivity index (χ2v) is 11.1. The average Bonchev–Trinajstić information content (AvgIpc) is 3.51. The maximum absolute atomic E-state index is 13.0. The van der Waals surface area contributed by atoms with Crippen molar-refractivity contribution in [1.29, 1.82) is 0 Å². The van der Waals surface area contributed by atoms with E-state index >= 15 is 0 Å². The van der Waals surface area contributed by atoms with Crippen LogP contribution in [0.1, 0.15) is 74.5 Å². The lowest BCUT2D eigenvalue weighted by Gasteiger charge is -2.32. The highest BCUT2D eigenvalue weighted by Gasteiger charge is 2.42. The summed E-state index contributed by atoms with van der Waals surface area (Å²) in [6.07, 6.45) is 2.42. The van der Waals surface area contributed by atoms with Crippen molar-refractivity contribution in [2.24, 2.45) is 0 Å². The van der Waals surface area contributed by atoms with E-state index in [4.69, 9.17) is 9.40 Å². The Morgan fingerprint density at radius 2 is 1.85 bits per heavy atom. The summed E-state index contributed by atoms with van der Waals surface area (Å²) in [7, 11) is 0. The maximum atomic E-state index is 13.0. The third-order valence-corrected chi connectivity index (χ3v) is 7.20. The Bertz CT molecular complexity index is 1550. The van der Waals surface area contributed by atoms with Gasteiger partial charge in [-0.2, -0.15) is 4.98 Å². The molecule has 3 heterocycles. The third-order valence-electron chi connectivity index (χ3n) is 7.20. The zero-order valence-electron chi connectivity index (χ0n) is 23.8. The molecule has 1 aliphatic rings. The van der Waals surface area contributed by atoms with Crippen molar-refractivity contribution in [2.45, 2.75) is 58.2 Å². The number of hydrogen-bond donors (Lipinski definition) is 4. The van der Waals surface area contributed by atoms with E-state index < -0.39 is 17.2 Å². The molecule has 0 saturated carbocycles. The topological polar surface area (TPSA) is 150 Å². The number of benzene rings is 2. The first-order chi connectivity index (χ1) is 19.5. The molecule has 0 fully saturated rings. The van der Waals surface area contributed by atoms with E-state index in [1.807, 2.05) is 53.4 Å². The molecule has 1 atom stereocenters. The first kappa shape index (κ1) is 28.2. The van der Waals surface area contributed by atoms with Crippen molar-refractivity contribution >= 4 is 23.4 Å². The van der Waals surface area contributed by atoms with Gasteiger partial charge in [0.05, 0.1) is 23.8 Å². The van der Waals surface area contributed by atoms with Gasteiger partial charge in [0.25, 0.3) is 11.8 Å². The normalized spacial score (nSPS) is 15.1. The van der Waals surface area contributed by atoms with Crippen LogP contribution in [0.5, 0.6) is 0 Å². The van der Waals surface area contributed by atoms with Gasteiger partial charge in [0.1, 0.15) is 11.4 Å². The fraction of sp³-hybridized carbons (Fsp3) is 0.367. The van der Waals surface area contributed by atoms with E-state index in [9.17, 15) is 15.0 Å². The monoisotopic (exact) mass is 557 g/mol. The first-order valence-electron chi connectivity index (χ1n) is 13.6. The standard InChI is InChI=1S/C30H35N7O4/c1-6-14-37-26(39)20-13-12-19(15-22(20)29(37,2)3)32-28-31-16-21(25-35-36-27(41-25)30(4,5)40)24(34-28)33-23(17-38)18-10-8-7-9-11-18/h7-13,15-16,23,38,40H,6,14,17H2,1-5H3,(H2,31,32,33,34)/t23-/m1/s1. The van der Waals surface area contributed by atoms with Crippen LogP contribution in [0.15, 0.2) is 59.1 Å². The van der Waals surface area contributed by atoms with Gasteiger partial charge in [0.2, 0.25) is 11.8 Å². The number of fused-ring (bicyclic) bond motifs is 1. The molecule has 5 rings (SSSR count). The van der Waals surface area contributed by atoms with Crippen LogP contribution in [0.4, 0.5) is 17.5 Å². The fourth-order valence-electron chi connectivity index (χ4n) is 4.97. The number of aliphatic hydroxyl groups excluding tert-OH is 1. The van der Waals surface area contributed by atoms with Gasteiger partial charge in [-0.15, -0.1) is 10.2 Å².